The lowest BCUT2D eigenvalue weighted by atomic mass is 9.66. The van der Waals surface area contributed by atoms with Gasteiger partial charge in [-0.2, -0.15) is 0 Å². The molecule has 0 heterocycles. The van der Waals surface area contributed by atoms with Gasteiger partial charge in [0.05, 0.1) is 5.41 Å². The van der Waals surface area contributed by atoms with Crippen LogP contribution in [-0.2, 0) is 5.41 Å². The van der Waals surface area contributed by atoms with Gasteiger partial charge < -0.3 is 10.2 Å². The van der Waals surface area contributed by atoms with E-state index in [0.717, 1.165) is 55.6 Å². The largest absolute Gasteiger partial charge is 0.507 e. The Morgan fingerprint density at radius 3 is 1.09 bits per heavy atom. The minimum absolute atomic E-state index is 0.325. The summed E-state index contributed by atoms with van der Waals surface area (Å²) in [5.74, 6) is 0.651. The van der Waals surface area contributed by atoms with Crippen LogP contribution in [0.15, 0.2) is 121 Å². The van der Waals surface area contributed by atoms with Gasteiger partial charge in [-0.05, 0) is 118 Å². The molecule has 0 fully saturated rings. The molecule has 2 heteroatoms. The molecule has 6 aromatic carbocycles. The number of phenolic OH excluding ortho intramolecular Hbond substituents is 2. The van der Waals surface area contributed by atoms with Gasteiger partial charge in [0.25, 0.3) is 0 Å². The van der Waals surface area contributed by atoms with Crippen molar-refractivity contribution in [1.82, 2.24) is 0 Å². The van der Waals surface area contributed by atoms with Crippen molar-refractivity contribution in [1.29, 1.82) is 0 Å². The molecule has 0 saturated heterocycles. The highest BCUT2D eigenvalue weighted by Gasteiger charge is 2.47. The average molecular weight is 559 g/mol. The molecule has 0 amide bonds. The number of benzene rings is 6. The first kappa shape index (κ1) is 26.8. The summed E-state index contributed by atoms with van der Waals surface area (Å²) in [6.07, 6.45) is 0. The third-order valence-electron chi connectivity index (χ3n) is 9.20. The maximum absolute atomic E-state index is 10.9. The van der Waals surface area contributed by atoms with Crippen molar-refractivity contribution in [2.24, 2.45) is 0 Å². The van der Waals surface area contributed by atoms with Crippen molar-refractivity contribution in [2.75, 3.05) is 0 Å². The second-order valence-electron chi connectivity index (χ2n) is 11.9. The Morgan fingerprint density at radius 1 is 0.395 bits per heavy atom. The fraction of sp³-hybridized carbons (Fsp3) is 0.122. The number of fused-ring (bicyclic) bond motifs is 3. The van der Waals surface area contributed by atoms with Gasteiger partial charge in [0.15, 0.2) is 0 Å². The van der Waals surface area contributed by atoms with E-state index in [9.17, 15) is 10.2 Å². The minimum Gasteiger partial charge on any atom is -0.507 e. The van der Waals surface area contributed by atoms with E-state index in [-0.39, 0.29) is 0 Å². The molecule has 6 aromatic rings. The van der Waals surface area contributed by atoms with Crippen molar-refractivity contribution in [3.8, 4) is 44.9 Å². The zero-order chi connectivity index (χ0) is 29.9. The van der Waals surface area contributed by atoms with E-state index in [1.54, 1.807) is 0 Å². The first-order chi connectivity index (χ1) is 20.8. The Labute approximate surface area is 253 Å². The first-order valence-corrected chi connectivity index (χ1v) is 14.8. The fourth-order valence-corrected chi connectivity index (χ4v) is 7.08. The Bertz CT molecular complexity index is 1830. The topological polar surface area (TPSA) is 40.5 Å². The fourth-order valence-electron chi connectivity index (χ4n) is 7.08. The number of phenols is 2. The quantitative estimate of drug-likeness (QED) is 0.226. The molecule has 0 radical (unpaired) electrons. The smallest absolute Gasteiger partial charge is 0.121 e. The molecule has 0 atom stereocenters. The van der Waals surface area contributed by atoms with Crippen LogP contribution < -0.4 is 0 Å². The molecule has 0 unspecified atom stereocenters. The second kappa shape index (κ2) is 10.0. The summed E-state index contributed by atoms with van der Waals surface area (Å²) >= 11 is 0. The molecule has 43 heavy (non-hydrogen) atoms. The van der Waals surface area contributed by atoms with Gasteiger partial charge in [0.2, 0.25) is 0 Å². The van der Waals surface area contributed by atoms with Crippen molar-refractivity contribution in [3.05, 3.63) is 166 Å². The van der Waals surface area contributed by atoms with Gasteiger partial charge in [0.1, 0.15) is 11.5 Å². The molecule has 1 aliphatic carbocycles. The van der Waals surface area contributed by atoms with Gasteiger partial charge in [-0.3, -0.25) is 0 Å². The molecule has 2 N–H and O–H groups in total. The van der Waals surface area contributed by atoms with E-state index in [1.165, 1.54) is 22.3 Å². The summed E-state index contributed by atoms with van der Waals surface area (Å²) in [4.78, 5) is 0. The van der Waals surface area contributed by atoms with Crippen LogP contribution >= 0.6 is 0 Å². The van der Waals surface area contributed by atoms with Gasteiger partial charge in [-0.15, -0.1) is 0 Å². The van der Waals surface area contributed by atoms with E-state index in [0.29, 0.717) is 11.5 Å². The molecule has 0 spiro atoms. The maximum atomic E-state index is 10.9. The van der Waals surface area contributed by atoms with Crippen LogP contribution in [0, 0.1) is 27.7 Å². The number of rotatable bonds is 4. The lowest BCUT2D eigenvalue weighted by Crippen LogP contribution is -2.29. The minimum atomic E-state index is -0.688. The lowest BCUT2D eigenvalue weighted by molar-refractivity contribution is 0.466. The molecular weight excluding hydrogens is 524 g/mol. The van der Waals surface area contributed by atoms with Crippen LogP contribution in [0.25, 0.3) is 33.4 Å². The Kier molecular flexibility index (Phi) is 6.25. The summed E-state index contributed by atoms with van der Waals surface area (Å²) in [5, 5.41) is 21.8. The van der Waals surface area contributed by atoms with Crippen LogP contribution in [-0.4, -0.2) is 10.2 Å². The molecule has 0 aliphatic heterocycles. The van der Waals surface area contributed by atoms with Gasteiger partial charge in [-0.1, -0.05) is 109 Å². The summed E-state index contributed by atoms with van der Waals surface area (Å²) in [5.41, 5.74) is 14.3. The lowest BCUT2D eigenvalue weighted by Gasteiger charge is -2.35. The van der Waals surface area contributed by atoms with Crippen LogP contribution in [0.4, 0.5) is 0 Å². The molecule has 0 aromatic heterocycles. The normalized spacial score (nSPS) is 13.0. The molecule has 2 nitrogen and oxygen atoms in total. The summed E-state index contributed by atoms with van der Waals surface area (Å²) in [6.45, 7) is 7.91. The molecule has 0 saturated carbocycles. The van der Waals surface area contributed by atoms with Gasteiger partial charge in [0, 0.05) is 0 Å². The SMILES string of the molecule is Cc1cc(C2(c3cc(C)c(O)c(C)c3)c3cc(-c4ccccc4)ccc3-c3ccc(-c4ccccc4)cc32)cc(C)c1O. The van der Waals surface area contributed by atoms with Gasteiger partial charge >= 0.3 is 0 Å². The molecule has 7 rings (SSSR count). The molecule has 1 aliphatic rings. The van der Waals surface area contributed by atoms with Crippen LogP contribution in [0.3, 0.4) is 0 Å². The second-order valence-corrected chi connectivity index (χ2v) is 11.9. The summed E-state index contributed by atoms with van der Waals surface area (Å²) in [6, 6.07) is 43.3. The van der Waals surface area contributed by atoms with E-state index in [4.69, 9.17) is 0 Å². The van der Waals surface area contributed by atoms with Crippen molar-refractivity contribution >= 4 is 0 Å². The number of aryl methyl sites for hydroxylation is 4. The standard InChI is InChI=1S/C41H34O2/c1-25-19-33(20-26(2)39(25)42)41(34-21-27(3)40(43)28(4)22-34)37-23-31(29-11-7-5-8-12-29)15-17-35(37)36-18-16-32(24-38(36)41)30-13-9-6-10-14-30/h5-24,42-43H,1-4H3. The van der Waals surface area contributed by atoms with Crippen molar-refractivity contribution < 1.29 is 10.2 Å². The Hall–Kier alpha value is -5.08. The van der Waals surface area contributed by atoms with Crippen LogP contribution in [0.2, 0.25) is 0 Å². The monoisotopic (exact) mass is 558 g/mol. The molecular formula is C41H34O2. The zero-order valence-corrected chi connectivity index (χ0v) is 24.9. The highest BCUT2D eigenvalue weighted by molar-refractivity contribution is 5.90. The van der Waals surface area contributed by atoms with Crippen LogP contribution in [0.1, 0.15) is 44.5 Å². The third kappa shape index (κ3) is 4.09. The van der Waals surface area contributed by atoms with E-state index >= 15 is 0 Å². The summed E-state index contributed by atoms with van der Waals surface area (Å²) < 4.78 is 0. The van der Waals surface area contributed by atoms with Gasteiger partial charge in [-0.25, -0.2) is 0 Å². The maximum Gasteiger partial charge on any atom is 0.121 e. The van der Waals surface area contributed by atoms with E-state index < -0.39 is 5.41 Å². The van der Waals surface area contributed by atoms with E-state index in [2.05, 4.69) is 109 Å². The first-order valence-electron chi connectivity index (χ1n) is 14.8. The highest BCUT2D eigenvalue weighted by atomic mass is 16.3. The molecule has 210 valence electrons. The number of aromatic hydroxyl groups is 2. The Morgan fingerprint density at radius 2 is 0.744 bits per heavy atom. The van der Waals surface area contributed by atoms with Crippen LogP contribution in [0.5, 0.6) is 11.5 Å². The highest BCUT2D eigenvalue weighted by Crippen LogP contribution is 2.58. The third-order valence-corrected chi connectivity index (χ3v) is 9.20. The summed E-state index contributed by atoms with van der Waals surface area (Å²) in [7, 11) is 0. The Balaban J connectivity index is 1.65. The molecule has 0 bridgehead atoms. The zero-order valence-electron chi connectivity index (χ0n) is 24.9. The van der Waals surface area contributed by atoms with Crippen molar-refractivity contribution in [3.63, 3.8) is 0 Å². The predicted molar refractivity (Wildman–Crippen MR) is 177 cm³/mol. The number of hydrogen-bond donors (Lipinski definition) is 2. The van der Waals surface area contributed by atoms with E-state index in [1.807, 2.05) is 39.8 Å². The average Bonchev–Trinajstić information content (AvgIpc) is 3.32. The van der Waals surface area contributed by atoms with Crippen molar-refractivity contribution in [2.45, 2.75) is 33.1 Å². The number of hydrogen-bond acceptors (Lipinski definition) is 2. The predicted octanol–water partition coefficient (Wildman–Crippen LogP) is 10.0.